The van der Waals surface area contributed by atoms with E-state index >= 15 is 0 Å². The Morgan fingerprint density at radius 3 is 2.83 bits per heavy atom. The van der Waals surface area contributed by atoms with Crippen LogP contribution in [-0.4, -0.2) is 31.8 Å². The van der Waals surface area contributed by atoms with Crippen molar-refractivity contribution in [3.05, 3.63) is 24.5 Å². The van der Waals surface area contributed by atoms with Crippen molar-refractivity contribution in [2.75, 3.05) is 0 Å². The molecular formula is C12H16BIN2O2. The van der Waals surface area contributed by atoms with Gasteiger partial charge in [-0.2, -0.15) is 0 Å². The van der Waals surface area contributed by atoms with Gasteiger partial charge < -0.3 is 14.7 Å². The largest absolute Gasteiger partial charge is 0.419 e. The van der Waals surface area contributed by atoms with E-state index in [4.69, 9.17) is 4.65 Å². The molecule has 6 heteroatoms. The summed E-state index contributed by atoms with van der Waals surface area (Å²) in [6, 6.07) is 4.01. The fourth-order valence-electron chi connectivity index (χ4n) is 1.46. The molecule has 0 amide bonds. The molecule has 4 nitrogen and oxygen atoms in total. The Kier molecular flexibility index (Phi) is 3.71. The van der Waals surface area contributed by atoms with E-state index in [1.54, 1.807) is 20.0 Å². The number of aliphatic hydroxyl groups is 1. The third-order valence-corrected chi connectivity index (χ3v) is 4.69. The standard InChI is InChI=1S/C12H16BIN2O2/c1-11(2,17)12(3,14)18-13-9-6-8-4-5-15-10(8)16-7-9/h4-7,13,17H,1-3H3,(H,15,16). The smallest absolute Gasteiger partial charge is 0.312 e. The van der Waals surface area contributed by atoms with E-state index in [-0.39, 0.29) is 0 Å². The van der Waals surface area contributed by atoms with Gasteiger partial charge in [-0.15, -0.1) is 0 Å². The normalized spacial score (nSPS) is 15.6. The van der Waals surface area contributed by atoms with Crippen molar-refractivity contribution < 1.29 is 9.76 Å². The molecule has 2 aromatic rings. The van der Waals surface area contributed by atoms with Gasteiger partial charge in [-0.1, -0.05) is 6.07 Å². The van der Waals surface area contributed by atoms with Crippen molar-refractivity contribution in [3.63, 3.8) is 0 Å². The highest BCUT2D eigenvalue weighted by Crippen LogP contribution is 2.31. The number of nitrogens with zero attached hydrogens (tertiary/aromatic N) is 1. The molecule has 0 aromatic carbocycles. The molecule has 0 bridgehead atoms. The first-order valence-electron chi connectivity index (χ1n) is 5.77. The van der Waals surface area contributed by atoms with Crippen LogP contribution in [0.1, 0.15) is 20.8 Å². The summed E-state index contributed by atoms with van der Waals surface area (Å²) in [6.07, 6.45) is 3.65. The molecule has 2 aromatic heterocycles. The summed E-state index contributed by atoms with van der Waals surface area (Å²) in [6.45, 7) is 5.36. The predicted octanol–water partition coefficient (Wildman–Crippen LogP) is 1.48. The summed E-state index contributed by atoms with van der Waals surface area (Å²) in [4.78, 5) is 7.35. The number of aromatic nitrogens is 2. The Balaban J connectivity index is 2.10. The summed E-state index contributed by atoms with van der Waals surface area (Å²) >= 11 is 2.13. The lowest BCUT2D eigenvalue weighted by Gasteiger charge is -2.35. The molecule has 0 aliphatic carbocycles. The van der Waals surface area contributed by atoms with Gasteiger partial charge >= 0.3 is 7.48 Å². The minimum atomic E-state index is -0.904. The minimum absolute atomic E-state index is 0.428. The van der Waals surface area contributed by atoms with Crippen molar-refractivity contribution in [3.8, 4) is 0 Å². The molecule has 1 unspecified atom stereocenters. The second-order valence-electron chi connectivity index (χ2n) is 5.02. The average Bonchev–Trinajstić information content (AvgIpc) is 2.71. The van der Waals surface area contributed by atoms with Crippen LogP contribution < -0.4 is 5.46 Å². The quantitative estimate of drug-likeness (QED) is 0.495. The molecule has 96 valence electrons. The van der Waals surface area contributed by atoms with Gasteiger partial charge in [-0.3, -0.25) is 0 Å². The number of halogens is 1. The third-order valence-electron chi connectivity index (χ3n) is 3.06. The number of fused-ring (bicyclic) bond motifs is 1. The summed E-state index contributed by atoms with van der Waals surface area (Å²) < 4.78 is 5.15. The van der Waals surface area contributed by atoms with Crippen LogP contribution in [-0.2, 0) is 4.65 Å². The third kappa shape index (κ3) is 2.86. The van der Waals surface area contributed by atoms with Crippen LogP contribution in [0, 0.1) is 0 Å². The summed E-state index contributed by atoms with van der Waals surface area (Å²) in [5, 5.41) is 11.1. The summed E-state index contributed by atoms with van der Waals surface area (Å²) in [7, 11) is 0.428. The Morgan fingerprint density at radius 2 is 2.17 bits per heavy atom. The van der Waals surface area contributed by atoms with Crippen LogP contribution in [0.5, 0.6) is 0 Å². The maximum Gasteiger partial charge on any atom is 0.312 e. The molecule has 2 heterocycles. The van der Waals surface area contributed by atoms with Gasteiger partial charge in [0.1, 0.15) is 9.25 Å². The molecule has 0 aliphatic heterocycles. The molecule has 0 saturated heterocycles. The van der Waals surface area contributed by atoms with Gasteiger partial charge in [-0.25, -0.2) is 4.98 Å². The first kappa shape index (κ1) is 13.8. The lowest BCUT2D eigenvalue weighted by molar-refractivity contribution is -0.0330. The Morgan fingerprint density at radius 1 is 1.44 bits per heavy atom. The van der Waals surface area contributed by atoms with E-state index in [1.807, 2.05) is 25.3 Å². The Labute approximate surface area is 121 Å². The van der Waals surface area contributed by atoms with E-state index in [0.29, 0.717) is 7.48 Å². The minimum Gasteiger partial charge on any atom is -0.419 e. The Bertz CT molecular complexity index is 548. The SMILES string of the molecule is CC(C)(O)C(C)(I)OBc1cnc2[nH]ccc2c1. The molecule has 0 fully saturated rings. The molecule has 2 rings (SSSR count). The molecule has 18 heavy (non-hydrogen) atoms. The first-order valence-corrected chi connectivity index (χ1v) is 6.85. The first-order chi connectivity index (χ1) is 8.29. The number of hydrogen-bond acceptors (Lipinski definition) is 3. The van der Waals surface area contributed by atoms with Crippen molar-refractivity contribution in [1.82, 2.24) is 9.97 Å². The maximum absolute atomic E-state index is 10.0. The van der Waals surface area contributed by atoms with Crippen molar-refractivity contribution in [2.24, 2.45) is 0 Å². The van der Waals surface area contributed by atoms with Gasteiger partial charge in [-0.05, 0) is 54.9 Å². The fraction of sp³-hybridized carbons (Fsp3) is 0.417. The zero-order chi connectivity index (χ0) is 13.4. The highest BCUT2D eigenvalue weighted by atomic mass is 127. The zero-order valence-electron chi connectivity index (χ0n) is 10.7. The van der Waals surface area contributed by atoms with Crippen molar-refractivity contribution in [1.29, 1.82) is 0 Å². The van der Waals surface area contributed by atoms with Crippen LogP contribution in [0.2, 0.25) is 0 Å². The summed E-state index contributed by atoms with van der Waals surface area (Å²) in [5.41, 5.74) is 0.965. The summed E-state index contributed by atoms with van der Waals surface area (Å²) in [5.74, 6) is 0. The maximum atomic E-state index is 10.0. The van der Waals surface area contributed by atoms with Crippen LogP contribution in [0.25, 0.3) is 11.0 Å². The monoisotopic (exact) mass is 358 g/mol. The van der Waals surface area contributed by atoms with Crippen LogP contribution in [0.3, 0.4) is 0 Å². The van der Waals surface area contributed by atoms with Crippen molar-refractivity contribution in [2.45, 2.75) is 30.0 Å². The van der Waals surface area contributed by atoms with Gasteiger partial charge in [0.25, 0.3) is 0 Å². The van der Waals surface area contributed by atoms with E-state index in [0.717, 1.165) is 16.5 Å². The number of hydrogen-bond donors (Lipinski definition) is 2. The van der Waals surface area contributed by atoms with E-state index in [2.05, 4.69) is 32.6 Å². The molecule has 0 saturated carbocycles. The van der Waals surface area contributed by atoms with Crippen molar-refractivity contribution >= 4 is 46.6 Å². The van der Waals surface area contributed by atoms with E-state index in [9.17, 15) is 5.11 Å². The predicted molar refractivity (Wildman–Crippen MR) is 82.7 cm³/mol. The van der Waals surface area contributed by atoms with Crippen LogP contribution in [0.15, 0.2) is 24.5 Å². The number of alkyl halides is 1. The fourth-order valence-corrected chi connectivity index (χ4v) is 1.62. The Hall–Kier alpha value is -0.595. The van der Waals surface area contributed by atoms with E-state index < -0.39 is 9.21 Å². The van der Waals surface area contributed by atoms with Gasteiger partial charge in [0.15, 0.2) is 0 Å². The highest BCUT2D eigenvalue weighted by molar-refractivity contribution is 14.1. The van der Waals surface area contributed by atoms with Gasteiger partial charge in [0.05, 0.1) is 5.60 Å². The molecular weight excluding hydrogens is 342 g/mol. The number of rotatable bonds is 4. The topological polar surface area (TPSA) is 58.1 Å². The van der Waals surface area contributed by atoms with Crippen LogP contribution in [0.4, 0.5) is 0 Å². The second kappa shape index (κ2) is 4.83. The zero-order valence-corrected chi connectivity index (χ0v) is 12.9. The lowest BCUT2D eigenvalue weighted by Crippen LogP contribution is -2.46. The number of H-pyrrole nitrogens is 1. The second-order valence-corrected chi connectivity index (χ2v) is 7.08. The van der Waals surface area contributed by atoms with E-state index in [1.165, 1.54) is 0 Å². The average molecular weight is 358 g/mol. The molecule has 1 atom stereocenters. The molecule has 2 N–H and O–H groups in total. The highest BCUT2D eigenvalue weighted by Gasteiger charge is 2.37. The molecule has 0 spiro atoms. The number of nitrogens with one attached hydrogen (secondary N) is 1. The molecule has 0 radical (unpaired) electrons. The van der Waals surface area contributed by atoms with Gasteiger partial charge in [0, 0.05) is 17.8 Å². The molecule has 0 aliphatic rings. The lowest BCUT2D eigenvalue weighted by atomic mass is 9.88. The number of pyridine rings is 1. The van der Waals surface area contributed by atoms with Crippen LogP contribution >= 0.6 is 22.6 Å². The number of aromatic amines is 1. The van der Waals surface area contributed by atoms with Gasteiger partial charge in [0.2, 0.25) is 0 Å².